The zero-order valence-electron chi connectivity index (χ0n) is 14.9. The van der Waals surface area contributed by atoms with Crippen molar-refractivity contribution in [2.75, 3.05) is 26.2 Å². The number of carbonyl (C=O) groups excluding carboxylic acids is 1. The van der Waals surface area contributed by atoms with Crippen LogP contribution >= 0.6 is 0 Å². The third kappa shape index (κ3) is 4.82. The van der Waals surface area contributed by atoms with Crippen LogP contribution in [0.5, 0.6) is 0 Å². The van der Waals surface area contributed by atoms with E-state index in [4.69, 9.17) is 4.74 Å². The zero-order valence-corrected chi connectivity index (χ0v) is 14.9. The van der Waals surface area contributed by atoms with E-state index in [-0.39, 0.29) is 12.1 Å². The molecular formula is C19H26N4O2. The number of aromatic nitrogens is 2. The number of morpholine rings is 1. The van der Waals surface area contributed by atoms with Crippen LogP contribution in [0.15, 0.2) is 36.5 Å². The van der Waals surface area contributed by atoms with E-state index in [1.807, 2.05) is 47.9 Å². The summed E-state index contributed by atoms with van der Waals surface area (Å²) in [7, 11) is 1.91. The van der Waals surface area contributed by atoms with Gasteiger partial charge >= 0.3 is 6.03 Å². The van der Waals surface area contributed by atoms with Crippen molar-refractivity contribution in [3.8, 4) is 0 Å². The lowest BCUT2D eigenvalue weighted by Crippen LogP contribution is -2.50. The van der Waals surface area contributed by atoms with Gasteiger partial charge in [0.05, 0.1) is 18.4 Å². The second-order valence-corrected chi connectivity index (χ2v) is 6.52. The molecule has 6 nitrogen and oxygen atoms in total. The molecule has 2 aromatic rings. The predicted molar refractivity (Wildman–Crippen MR) is 96.5 cm³/mol. The molecule has 6 heteroatoms. The van der Waals surface area contributed by atoms with Crippen molar-refractivity contribution >= 4 is 6.03 Å². The van der Waals surface area contributed by atoms with E-state index >= 15 is 0 Å². The first-order chi connectivity index (χ1) is 12.1. The van der Waals surface area contributed by atoms with E-state index in [1.165, 1.54) is 11.1 Å². The smallest absolute Gasteiger partial charge is 0.317 e. The minimum absolute atomic E-state index is 0.0112. The van der Waals surface area contributed by atoms with Crippen LogP contribution in [0.3, 0.4) is 0 Å². The minimum Gasteiger partial charge on any atom is -0.374 e. The lowest BCUT2D eigenvalue weighted by molar-refractivity contribution is -0.0132. The molecular weight excluding hydrogens is 316 g/mol. The van der Waals surface area contributed by atoms with Gasteiger partial charge in [-0.15, -0.1) is 0 Å². The van der Waals surface area contributed by atoms with Gasteiger partial charge < -0.3 is 15.0 Å². The number of nitrogens with one attached hydrogen (secondary N) is 1. The molecule has 0 unspecified atom stereocenters. The molecule has 0 spiro atoms. The molecule has 25 heavy (non-hydrogen) atoms. The first-order valence-corrected chi connectivity index (χ1v) is 8.79. The number of carbonyl (C=O) groups is 1. The van der Waals surface area contributed by atoms with Crippen LogP contribution in [0.25, 0.3) is 0 Å². The van der Waals surface area contributed by atoms with Gasteiger partial charge in [0.15, 0.2) is 0 Å². The summed E-state index contributed by atoms with van der Waals surface area (Å²) >= 11 is 0. The molecule has 0 saturated carbocycles. The highest BCUT2D eigenvalue weighted by atomic mass is 16.5. The summed E-state index contributed by atoms with van der Waals surface area (Å²) in [4.78, 5) is 14.3. The average Bonchev–Trinajstić information content (AvgIpc) is 2.93. The first-order valence-electron chi connectivity index (χ1n) is 8.79. The van der Waals surface area contributed by atoms with Gasteiger partial charge in [0.2, 0.25) is 0 Å². The molecule has 1 fully saturated rings. The maximum Gasteiger partial charge on any atom is 0.317 e. The third-order valence-corrected chi connectivity index (χ3v) is 4.52. The van der Waals surface area contributed by atoms with Crippen molar-refractivity contribution in [1.29, 1.82) is 0 Å². The molecule has 134 valence electrons. The van der Waals surface area contributed by atoms with Gasteiger partial charge in [-0.1, -0.05) is 30.3 Å². The molecule has 1 aromatic heterocycles. The van der Waals surface area contributed by atoms with Crippen molar-refractivity contribution in [2.24, 2.45) is 7.05 Å². The number of ether oxygens (including phenoxy) is 1. The van der Waals surface area contributed by atoms with Crippen LogP contribution in [0.1, 0.15) is 16.8 Å². The van der Waals surface area contributed by atoms with Crippen LogP contribution in [-0.2, 0) is 24.6 Å². The van der Waals surface area contributed by atoms with Gasteiger partial charge in [-0.2, -0.15) is 5.10 Å². The maximum atomic E-state index is 12.4. The van der Waals surface area contributed by atoms with E-state index in [0.29, 0.717) is 26.2 Å². The quantitative estimate of drug-likeness (QED) is 0.903. The van der Waals surface area contributed by atoms with Gasteiger partial charge in [-0.05, 0) is 24.5 Å². The number of urea groups is 1. The molecule has 1 aliphatic heterocycles. The molecule has 0 aliphatic carbocycles. The van der Waals surface area contributed by atoms with Gasteiger partial charge in [-0.3, -0.25) is 4.68 Å². The van der Waals surface area contributed by atoms with E-state index in [2.05, 4.69) is 22.5 Å². The van der Waals surface area contributed by atoms with Crippen LogP contribution in [0.4, 0.5) is 4.79 Å². The Morgan fingerprint density at radius 3 is 2.88 bits per heavy atom. The summed E-state index contributed by atoms with van der Waals surface area (Å²) in [6.45, 7) is 4.47. The van der Waals surface area contributed by atoms with E-state index < -0.39 is 0 Å². The minimum atomic E-state index is -0.0112. The van der Waals surface area contributed by atoms with Crippen molar-refractivity contribution in [3.05, 3.63) is 53.3 Å². The molecule has 1 aliphatic rings. The SMILES string of the molecule is Cc1nn(C)cc1CCNC(=O)N1CCO[C@H](Cc2ccccc2)C1. The zero-order chi connectivity index (χ0) is 17.6. The fourth-order valence-electron chi connectivity index (χ4n) is 3.21. The van der Waals surface area contributed by atoms with Crippen molar-refractivity contribution in [1.82, 2.24) is 20.0 Å². The Kier molecular flexibility index (Phi) is 5.71. The number of amides is 2. The first kappa shape index (κ1) is 17.5. The molecule has 2 amide bonds. The lowest BCUT2D eigenvalue weighted by Gasteiger charge is -2.33. The van der Waals surface area contributed by atoms with Crippen molar-refractivity contribution in [2.45, 2.75) is 25.9 Å². The van der Waals surface area contributed by atoms with Gasteiger partial charge in [0.25, 0.3) is 0 Å². The largest absolute Gasteiger partial charge is 0.374 e. The molecule has 0 radical (unpaired) electrons. The van der Waals surface area contributed by atoms with E-state index in [9.17, 15) is 4.79 Å². The lowest BCUT2D eigenvalue weighted by atomic mass is 10.1. The summed E-state index contributed by atoms with van der Waals surface area (Å²) in [5.74, 6) is 0. The Balaban J connectivity index is 1.46. The number of hydrogen-bond donors (Lipinski definition) is 1. The van der Waals surface area contributed by atoms with Crippen LogP contribution in [0.2, 0.25) is 0 Å². The van der Waals surface area contributed by atoms with E-state index in [1.54, 1.807) is 0 Å². The van der Waals surface area contributed by atoms with E-state index in [0.717, 1.165) is 18.5 Å². The molecule has 2 heterocycles. The molecule has 1 atom stereocenters. The molecule has 1 N–H and O–H groups in total. The highest BCUT2D eigenvalue weighted by Crippen LogP contribution is 2.12. The number of rotatable bonds is 5. The highest BCUT2D eigenvalue weighted by molar-refractivity contribution is 5.74. The fourth-order valence-corrected chi connectivity index (χ4v) is 3.21. The number of aryl methyl sites for hydroxylation is 2. The summed E-state index contributed by atoms with van der Waals surface area (Å²) in [6.07, 6.45) is 3.69. The standard InChI is InChI=1S/C19H26N4O2/c1-15-17(13-22(2)21-15)8-9-20-19(24)23-10-11-25-18(14-23)12-16-6-4-3-5-7-16/h3-7,13,18H,8-12,14H2,1-2H3,(H,20,24)/t18-/m1/s1. The van der Waals surface area contributed by atoms with Crippen molar-refractivity contribution < 1.29 is 9.53 Å². The monoisotopic (exact) mass is 342 g/mol. The Bertz CT molecular complexity index is 699. The van der Waals surface area contributed by atoms with Gasteiger partial charge in [-0.25, -0.2) is 4.79 Å². The van der Waals surface area contributed by atoms with Crippen molar-refractivity contribution in [3.63, 3.8) is 0 Å². The second kappa shape index (κ2) is 8.16. The Morgan fingerprint density at radius 1 is 1.36 bits per heavy atom. The third-order valence-electron chi connectivity index (χ3n) is 4.52. The Labute approximate surface area is 148 Å². The summed E-state index contributed by atoms with van der Waals surface area (Å²) < 4.78 is 7.63. The summed E-state index contributed by atoms with van der Waals surface area (Å²) in [5, 5.41) is 7.34. The molecule has 1 aromatic carbocycles. The molecule has 0 bridgehead atoms. The predicted octanol–water partition coefficient (Wildman–Crippen LogP) is 1.92. The molecule has 1 saturated heterocycles. The Hall–Kier alpha value is -2.34. The maximum absolute atomic E-state index is 12.4. The second-order valence-electron chi connectivity index (χ2n) is 6.52. The number of benzene rings is 1. The summed E-state index contributed by atoms with van der Waals surface area (Å²) in [6, 6.07) is 10.3. The Morgan fingerprint density at radius 2 is 2.16 bits per heavy atom. The number of hydrogen-bond acceptors (Lipinski definition) is 3. The summed E-state index contributed by atoms with van der Waals surface area (Å²) in [5.41, 5.74) is 3.43. The van der Waals surface area contributed by atoms with Crippen LogP contribution in [-0.4, -0.2) is 53.1 Å². The topological polar surface area (TPSA) is 59.4 Å². The molecule has 3 rings (SSSR count). The fraction of sp³-hybridized carbons (Fsp3) is 0.474. The van der Waals surface area contributed by atoms with Crippen LogP contribution in [0, 0.1) is 6.92 Å². The number of nitrogens with zero attached hydrogens (tertiary/aromatic N) is 3. The van der Waals surface area contributed by atoms with Gasteiger partial charge in [0, 0.05) is 39.3 Å². The van der Waals surface area contributed by atoms with Crippen LogP contribution < -0.4 is 5.32 Å². The van der Waals surface area contributed by atoms with Gasteiger partial charge in [0.1, 0.15) is 0 Å². The highest BCUT2D eigenvalue weighted by Gasteiger charge is 2.24. The average molecular weight is 342 g/mol. The normalized spacial score (nSPS) is 17.5.